The smallest absolute Gasteiger partial charge is 0.184 e. The molecular formula is C19H22N4O2S. The van der Waals surface area contributed by atoms with Crippen molar-refractivity contribution in [3.8, 4) is 5.75 Å². The summed E-state index contributed by atoms with van der Waals surface area (Å²) < 4.78 is 6.93. The summed E-state index contributed by atoms with van der Waals surface area (Å²) in [5.41, 5.74) is 7.61. The Morgan fingerprint density at radius 1 is 1.23 bits per heavy atom. The first-order valence-corrected chi connectivity index (χ1v) is 9.67. The zero-order chi connectivity index (χ0) is 17.9. The van der Waals surface area contributed by atoms with Gasteiger partial charge in [0.1, 0.15) is 18.2 Å². The Hall–Kier alpha value is -2.38. The molecule has 2 atom stereocenters. The van der Waals surface area contributed by atoms with Gasteiger partial charge < -0.3 is 20.9 Å². The van der Waals surface area contributed by atoms with E-state index in [2.05, 4.69) is 15.3 Å². The van der Waals surface area contributed by atoms with Crippen LogP contribution in [-0.2, 0) is 6.61 Å². The summed E-state index contributed by atoms with van der Waals surface area (Å²) in [6.45, 7) is 0.441. The van der Waals surface area contributed by atoms with Gasteiger partial charge in [0.25, 0.3) is 0 Å². The van der Waals surface area contributed by atoms with E-state index in [1.807, 2.05) is 30.3 Å². The molecule has 0 amide bonds. The van der Waals surface area contributed by atoms with E-state index in [0.717, 1.165) is 52.3 Å². The van der Waals surface area contributed by atoms with Crippen LogP contribution in [0.4, 0.5) is 10.9 Å². The van der Waals surface area contributed by atoms with Crippen LogP contribution in [0.1, 0.15) is 31.2 Å². The van der Waals surface area contributed by atoms with Crippen LogP contribution in [0.25, 0.3) is 10.2 Å². The van der Waals surface area contributed by atoms with Crippen LogP contribution in [0.2, 0.25) is 0 Å². The number of nitrogens with one attached hydrogen (secondary N) is 1. The zero-order valence-corrected chi connectivity index (χ0v) is 15.2. The Morgan fingerprint density at radius 3 is 2.96 bits per heavy atom. The van der Waals surface area contributed by atoms with Gasteiger partial charge in [-0.05, 0) is 48.7 Å². The molecule has 3 aromatic rings. The number of fused-ring (bicyclic) bond motifs is 1. The number of anilines is 2. The largest absolute Gasteiger partial charge is 0.489 e. The Labute approximate surface area is 156 Å². The number of pyridine rings is 1. The highest BCUT2D eigenvalue weighted by atomic mass is 32.1. The fraction of sp³-hybridized carbons (Fsp3) is 0.368. The van der Waals surface area contributed by atoms with Gasteiger partial charge in [-0.2, -0.15) is 0 Å². The van der Waals surface area contributed by atoms with Gasteiger partial charge in [0.05, 0.1) is 22.4 Å². The first-order chi connectivity index (χ1) is 12.7. The van der Waals surface area contributed by atoms with Gasteiger partial charge in [0.15, 0.2) is 5.13 Å². The van der Waals surface area contributed by atoms with Crippen molar-refractivity contribution < 1.29 is 9.84 Å². The molecule has 1 fully saturated rings. The molecule has 1 saturated carbocycles. The van der Waals surface area contributed by atoms with Gasteiger partial charge in [-0.25, -0.2) is 9.97 Å². The third kappa shape index (κ3) is 3.89. The molecule has 6 nitrogen and oxygen atoms in total. The van der Waals surface area contributed by atoms with Crippen LogP contribution < -0.4 is 15.8 Å². The molecule has 4 N–H and O–H groups in total. The molecule has 7 heteroatoms. The minimum Gasteiger partial charge on any atom is -0.489 e. The van der Waals surface area contributed by atoms with E-state index in [-0.39, 0.29) is 12.1 Å². The number of aliphatic hydroxyl groups excluding tert-OH is 1. The lowest BCUT2D eigenvalue weighted by atomic mass is 9.93. The van der Waals surface area contributed by atoms with Crippen LogP contribution >= 0.6 is 11.3 Å². The van der Waals surface area contributed by atoms with Crippen molar-refractivity contribution in [2.45, 2.75) is 44.4 Å². The van der Waals surface area contributed by atoms with E-state index in [0.29, 0.717) is 12.4 Å². The SMILES string of the molecule is Nc1cc(COc2ccc3nc(NC4CCCC[C@H]4O)sc3c2)ccn1. The number of benzene rings is 1. The van der Waals surface area contributed by atoms with E-state index in [9.17, 15) is 5.11 Å². The standard InChI is InChI=1S/C19H22N4O2S/c20-18-9-12(7-8-21-18)11-25-13-5-6-15-17(10-13)26-19(23-15)22-14-3-1-2-4-16(14)24/h5-10,14,16,24H,1-4,11H2,(H2,20,21)(H,22,23)/t14?,16-/m1/s1. The van der Waals surface area contributed by atoms with Crippen molar-refractivity contribution in [1.29, 1.82) is 0 Å². The topological polar surface area (TPSA) is 93.3 Å². The van der Waals surface area contributed by atoms with E-state index >= 15 is 0 Å². The van der Waals surface area contributed by atoms with Gasteiger partial charge in [-0.15, -0.1) is 0 Å². The molecule has 1 aliphatic carbocycles. The highest BCUT2D eigenvalue weighted by Crippen LogP contribution is 2.31. The fourth-order valence-electron chi connectivity index (χ4n) is 3.25. The summed E-state index contributed by atoms with van der Waals surface area (Å²) in [5.74, 6) is 1.28. The third-order valence-corrected chi connectivity index (χ3v) is 5.60. The number of nitrogen functional groups attached to an aromatic ring is 1. The summed E-state index contributed by atoms with van der Waals surface area (Å²) in [5, 5.41) is 14.4. The second-order valence-electron chi connectivity index (χ2n) is 6.63. The van der Waals surface area contributed by atoms with Crippen molar-refractivity contribution in [1.82, 2.24) is 9.97 Å². The number of aromatic nitrogens is 2. The molecule has 1 aromatic carbocycles. The Bertz CT molecular complexity index is 898. The van der Waals surface area contributed by atoms with Crippen molar-refractivity contribution in [3.63, 3.8) is 0 Å². The molecular weight excluding hydrogens is 348 g/mol. The molecule has 0 radical (unpaired) electrons. The minimum absolute atomic E-state index is 0.0946. The number of aliphatic hydroxyl groups is 1. The third-order valence-electron chi connectivity index (χ3n) is 4.65. The van der Waals surface area contributed by atoms with E-state index < -0.39 is 0 Å². The molecule has 0 spiro atoms. The maximum Gasteiger partial charge on any atom is 0.184 e. The van der Waals surface area contributed by atoms with Crippen LogP contribution in [-0.4, -0.2) is 27.2 Å². The summed E-state index contributed by atoms with van der Waals surface area (Å²) in [6, 6.07) is 9.68. The summed E-state index contributed by atoms with van der Waals surface area (Å²) in [7, 11) is 0. The normalized spacial score (nSPS) is 20.2. The van der Waals surface area contributed by atoms with Crippen molar-refractivity contribution in [2.75, 3.05) is 11.1 Å². The summed E-state index contributed by atoms with van der Waals surface area (Å²) in [4.78, 5) is 8.61. The second kappa shape index (κ2) is 7.47. The number of nitrogens with zero attached hydrogens (tertiary/aromatic N) is 2. The van der Waals surface area contributed by atoms with Gasteiger partial charge in [-0.1, -0.05) is 24.2 Å². The maximum atomic E-state index is 10.1. The average molecular weight is 370 g/mol. The first-order valence-electron chi connectivity index (χ1n) is 8.86. The quantitative estimate of drug-likeness (QED) is 0.636. The molecule has 2 aromatic heterocycles. The lowest BCUT2D eigenvalue weighted by Gasteiger charge is -2.27. The molecule has 26 heavy (non-hydrogen) atoms. The van der Waals surface area contributed by atoms with E-state index in [1.165, 1.54) is 0 Å². The molecule has 4 rings (SSSR count). The highest BCUT2D eigenvalue weighted by Gasteiger charge is 2.23. The van der Waals surface area contributed by atoms with Crippen LogP contribution in [0.15, 0.2) is 36.5 Å². The summed E-state index contributed by atoms with van der Waals surface area (Å²) in [6.07, 6.45) is 5.49. The van der Waals surface area contributed by atoms with E-state index in [1.54, 1.807) is 17.5 Å². The maximum absolute atomic E-state index is 10.1. The highest BCUT2D eigenvalue weighted by molar-refractivity contribution is 7.22. The number of hydrogen-bond acceptors (Lipinski definition) is 7. The van der Waals surface area contributed by atoms with E-state index in [4.69, 9.17) is 10.5 Å². The minimum atomic E-state index is -0.289. The van der Waals surface area contributed by atoms with Crippen LogP contribution in [0, 0.1) is 0 Å². The van der Waals surface area contributed by atoms with Gasteiger partial charge in [0.2, 0.25) is 0 Å². The first kappa shape index (κ1) is 17.1. The number of ether oxygens (including phenoxy) is 1. The fourth-order valence-corrected chi connectivity index (χ4v) is 4.20. The Balaban J connectivity index is 1.45. The molecule has 136 valence electrons. The predicted molar refractivity (Wildman–Crippen MR) is 104 cm³/mol. The van der Waals surface area contributed by atoms with Crippen molar-refractivity contribution >= 4 is 32.5 Å². The molecule has 0 bridgehead atoms. The number of nitrogens with two attached hydrogens (primary N) is 1. The van der Waals surface area contributed by atoms with Crippen molar-refractivity contribution in [3.05, 3.63) is 42.1 Å². The molecule has 1 unspecified atom stereocenters. The Morgan fingerprint density at radius 2 is 2.12 bits per heavy atom. The van der Waals surface area contributed by atoms with Gasteiger partial charge >= 0.3 is 0 Å². The molecule has 0 saturated heterocycles. The lowest BCUT2D eigenvalue weighted by molar-refractivity contribution is 0.116. The Kier molecular flexibility index (Phi) is 4.90. The predicted octanol–water partition coefficient (Wildman–Crippen LogP) is 3.57. The number of rotatable bonds is 5. The zero-order valence-electron chi connectivity index (χ0n) is 14.4. The average Bonchev–Trinajstić information content (AvgIpc) is 3.03. The lowest BCUT2D eigenvalue weighted by Crippen LogP contribution is -2.36. The van der Waals surface area contributed by atoms with Gasteiger partial charge in [-0.3, -0.25) is 0 Å². The van der Waals surface area contributed by atoms with Crippen molar-refractivity contribution in [2.24, 2.45) is 0 Å². The number of hydrogen-bond donors (Lipinski definition) is 3. The number of thiazole rings is 1. The monoisotopic (exact) mass is 370 g/mol. The molecule has 0 aliphatic heterocycles. The van der Waals surface area contributed by atoms with Crippen LogP contribution in [0.3, 0.4) is 0 Å². The molecule has 1 aliphatic rings. The van der Waals surface area contributed by atoms with Crippen LogP contribution in [0.5, 0.6) is 5.75 Å². The summed E-state index contributed by atoms with van der Waals surface area (Å²) >= 11 is 1.59. The van der Waals surface area contributed by atoms with Gasteiger partial charge in [0, 0.05) is 6.20 Å². The molecule has 2 heterocycles. The second-order valence-corrected chi connectivity index (χ2v) is 7.66.